The van der Waals surface area contributed by atoms with Gasteiger partial charge in [0, 0.05) is 17.3 Å². The minimum atomic E-state index is -0.0606. The van der Waals surface area contributed by atoms with E-state index in [4.69, 9.17) is 0 Å². The third-order valence-corrected chi connectivity index (χ3v) is 3.31. The maximum atomic E-state index is 12.1. The van der Waals surface area contributed by atoms with Crippen LogP contribution in [-0.2, 0) is 11.4 Å². The van der Waals surface area contributed by atoms with Crippen molar-refractivity contribution in [2.24, 2.45) is 5.92 Å². The number of carbonyl (C=O) groups is 1. The number of anilines is 1. The Bertz CT molecular complexity index is 406. The van der Waals surface area contributed by atoms with Gasteiger partial charge in [-0.1, -0.05) is 18.2 Å². The zero-order valence-electron chi connectivity index (χ0n) is 9.94. The van der Waals surface area contributed by atoms with Crippen LogP contribution in [0.5, 0.6) is 0 Å². The summed E-state index contributed by atoms with van der Waals surface area (Å²) in [7, 11) is 0. The Labute approximate surface area is 101 Å². The molecule has 4 nitrogen and oxygen atoms in total. The zero-order chi connectivity index (χ0) is 12.3. The molecule has 1 aromatic rings. The molecule has 1 saturated heterocycles. The van der Waals surface area contributed by atoms with E-state index in [2.05, 4.69) is 10.6 Å². The van der Waals surface area contributed by atoms with Gasteiger partial charge in [0.15, 0.2) is 0 Å². The molecule has 0 radical (unpaired) electrons. The van der Waals surface area contributed by atoms with Crippen molar-refractivity contribution in [2.45, 2.75) is 26.0 Å². The maximum Gasteiger partial charge on any atom is 0.229 e. The van der Waals surface area contributed by atoms with Crippen LogP contribution in [0.1, 0.15) is 18.9 Å². The second-order valence-corrected chi connectivity index (χ2v) is 4.44. The molecule has 92 valence electrons. The van der Waals surface area contributed by atoms with Gasteiger partial charge >= 0.3 is 0 Å². The van der Waals surface area contributed by atoms with Crippen molar-refractivity contribution in [2.75, 3.05) is 11.9 Å². The summed E-state index contributed by atoms with van der Waals surface area (Å²) < 4.78 is 0. The Kier molecular flexibility index (Phi) is 3.76. The predicted octanol–water partition coefficient (Wildman–Crippen LogP) is 1.12. The fourth-order valence-corrected chi connectivity index (χ4v) is 2.22. The van der Waals surface area contributed by atoms with Gasteiger partial charge < -0.3 is 15.7 Å². The molecule has 2 rings (SSSR count). The highest BCUT2D eigenvalue weighted by molar-refractivity contribution is 5.93. The zero-order valence-corrected chi connectivity index (χ0v) is 9.94. The minimum absolute atomic E-state index is 0.0155. The van der Waals surface area contributed by atoms with Gasteiger partial charge in [0.1, 0.15) is 0 Å². The lowest BCUT2D eigenvalue weighted by molar-refractivity contribution is -0.120. The summed E-state index contributed by atoms with van der Waals surface area (Å²) in [6.45, 7) is 2.85. The van der Waals surface area contributed by atoms with Gasteiger partial charge in [0.2, 0.25) is 5.91 Å². The Hall–Kier alpha value is -1.39. The number of hydrogen-bond donors (Lipinski definition) is 3. The first-order valence-corrected chi connectivity index (χ1v) is 5.95. The molecule has 1 amide bonds. The molecule has 1 aliphatic rings. The minimum Gasteiger partial charge on any atom is -0.392 e. The Morgan fingerprint density at radius 1 is 1.53 bits per heavy atom. The van der Waals surface area contributed by atoms with Gasteiger partial charge in [0.05, 0.1) is 12.5 Å². The van der Waals surface area contributed by atoms with E-state index in [-0.39, 0.29) is 24.5 Å². The smallest absolute Gasteiger partial charge is 0.229 e. The summed E-state index contributed by atoms with van der Waals surface area (Å²) in [4.78, 5) is 12.1. The van der Waals surface area contributed by atoms with Crippen LogP contribution in [0.15, 0.2) is 24.3 Å². The number of carbonyl (C=O) groups excluding carboxylic acids is 1. The van der Waals surface area contributed by atoms with Crippen molar-refractivity contribution in [1.29, 1.82) is 0 Å². The van der Waals surface area contributed by atoms with Gasteiger partial charge in [-0.05, 0) is 26.0 Å². The normalized spacial score (nSPS) is 23.6. The van der Waals surface area contributed by atoms with Crippen LogP contribution >= 0.6 is 0 Å². The molecule has 2 atom stereocenters. The average molecular weight is 234 g/mol. The average Bonchev–Trinajstić information content (AvgIpc) is 2.76. The van der Waals surface area contributed by atoms with Crippen LogP contribution in [0.3, 0.4) is 0 Å². The highest BCUT2D eigenvalue weighted by Gasteiger charge is 2.29. The molecule has 0 aromatic heterocycles. The topological polar surface area (TPSA) is 61.4 Å². The second kappa shape index (κ2) is 5.29. The second-order valence-electron chi connectivity index (χ2n) is 4.44. The maximum absolute atomic E-state index is 12.1. The molecule has 0 spiro atoms. The van der Waals surface area contributed by atoms with Crippen LogP contribution in [-0.4, -0.2) is 23.6 Å². The molecule has 0 aliphatic carbocycles. The number of para-hydroxylation sites is 1. The van der Waals surface area contributed by atoms with E-state index >= 15 is 0 Å². The lowest BCUT2D eigenvalue weighted by Gasteiger charge is -2.16. The van der Waals surface area contributed by atoms with Crippen LogP contribution in [0.25, 0.3) is 0 Å². The number of aliphatic hydroxyl groups is 1. The van der Waals surface area contributed by atoms with Crippen LogP contribution in [0.4, 0.5) is 5.69 Å². The fourth-order valence-electron chi connectivity index (χ4n) is 2.22. The van der Waals surface area contributed by atoms with Gasteiger partial charge in [-0.15, -0.1) is 0 Å². The molecule has 3 N–H and O–H groups in total. The molecule has 1 aromatic carbocycles. The van der Waals surface area contributed by atoms with E-state index in [0.29, 0.717) is 5.69 Å². The van der Waals surface area contributed by atoms with Gasteiger partial charge in [-0.25, -0.2) is 0 Å². The first-order valence-electron chi connectivity index (χ1n) is 5.95. The van der Waals surface area contributed by atoms with Crippen LogP contribution < -0.4 is 10.6 Å². The summed E-state index contributed by atoms with van der Waals surface area (Å²) in [6, 6.07) is 7.55. The third-order valence-electron chi connectivity index (χ3n) is 3.31. The molecule has 0 saturated carbocycles. The molecular weight excluding hydrogens is 216 g/mol. The largest absolute Gasteiger partial charge is 0.392 e. The van der Waals surface area contributed by atoms with E-state index in [0.717, 1.165) is 18.5 Å². The summed E-state index contributed by atoms with van der Waals surface area (Å²) in [5.41, 5.74) is 1.46. The SMILES string of the molecule is CC1NCCC1C(=O)Nc1ccccc1CO. The van der Waals surface area contributed by atoms with E-state index in [1.165, 1.54) is 0 Å². The summed E-state index contributed by atoms with van der Waals surface area (Å²) in [5.74, 6) is 0.0464. The number of benzene rings is 1. The molecule has 2 unspecified atom stereocenters. The molecule has 1 fully saturated rings. The standard InChI is InChI=1S/C13H18N2O2/c1-9-11(6-7-14-9)13(17)15-12-5-3-2-4-10(12)8-16/h2-5,9,11,14,16H,6-8H2,1H3,(H,15,17). The first kappa shape index (κ1) is 12.1. The van der Waals surface area contributed by atoms with E-state index in [9.17, 15) is 9.90 Å². The highest BCUT2D eigenvalue weighted by atomic mass is 16.3. The lowest BCUT2D eigenvalue weighted by atomic mass is 10.0. The van der Waals surface area contributed by atoms with E-state index in [1.54, 1.807) is 0 Å². The van der Waals surface area contributed by atoms with Crippen molar-refractivity contribution >= 4 is 11.6 Å². The molecule has 1 aliphatic heterocycles. The monoisotopic (exact) mass is 234 g/mol. The third kappa shape index (κ3) is 2.65. The van der Waals surface area contributed by atoms with E-state index in [1.807, 2.05) is 31.2 Å². The molecule has 17 heavy (non-hydrogen) atoms. The fraction of sp³-hybridized carbons (Fsp3) is 0.462. The Morgan fingerprint density at radius 2 is 2.29 bits per heavy atom. The summed E-state index contributed by atoms with van der Waals surface area (Å²) in [5, 5.41) is 15.3. The number of hydrogen-bond acceptors (Lipinski definition) is 3. The van der Waals surface area contributed by atoms with Gasteiger partial charge in [-0.3, -0.25) is 4.79 Å². The van der Waals surface area contributed by atoms with Crippen molar-refractivity contribution in [3.05, 3.63) is 29.8 Å². The quantitative estimate of drug-likeness (QED) is 0.734. The molecular formula is C13H18N2O2. The molecule has 0 bridgehead atoms. The van der Waals surface area contributed by atoms with Crippen LogP contribution in [0.2, 0.25) is 0 Å². The number of amides is 1. The van der Waals surface area contributed by atoms with Crippen molar-refractivity contribution in [1.82, 2.24) is 5.32 Å². The number of nitrogens with one attached hydrogen (secondary N) is 2. The van der Waals surface area contributed by atoms with Crippen LogP contribution in [0, 0.1) is 5.92 Å². The Balaban J connectivity index is 2.07. The molecule has 1 heterocycles. The lowest BCUT2D eigenvalue weighted by Crippen LogP contribution is -2.32. The van der Waals surface area contributed by atoms with E-state index < -0.39 is 0 Å². The van der Waals surface area contributed by atoms with Gasteiger partial charge in [0.25, 0.3) is 0 Å². The first-order chi connectivity index (χ1) is 8.22. The summed E-state index contributed by atoms with van der Waals surface area (Å²) in [6.07, 6.45) is 0.869. The number of aliphatic hydroxyl groups excluding tert-OH is 1. The predicted molar refractivity (Wildman–Crippen MR) is 66.6 cm³/mol. The number of rotatable bonds is 3. The van der Waals surface area contributed by atoms with Gasteiger partial charge in [-0.2, -0.15) is 0 Å². The van der Waals surface area contributed by atoms with Crippen molar-refractivity contribution < 1.29 is 9.90 Å². The highest BCUT2D eigenvalue weighted by Crippen LogP contribution is 2.20. The van der Waals surface area contributed by atoms with Crippen molar-refractivity contribution in [3.63, 3.8) is 0 Å². The molecule has 4 heteroatoms. The summed E-state index contributed by atoms with van der Waals surface area (Å²) >= 11 is 0. The Morgan fingerprint density at radius 3 is 2.94 bits per heavy atom. The van der Waals surface area contributed by atoms with Crippen molar-refractivity contribution in [3.8, 4) is 0 Å².